The zero-order valence-electron chi connectivity index (χ0n) is 19.7. The fourth-order valence-electron chi connectivity index (χ4n) is 4.27. The summed E-state index contributed by atoms with van der Waals surface area (Å²) < 4.78 is 1.99. The first-order chi connectivity index (χ1) is 16.2. The second-order valence-corrected chi connectivity index (χ2v) is 9.83. The van der Waals surface area contributed by atoms with Gasteiger partial charge >= 0.3 is 5.97 Å². The number of thioether (sulfide) groups is 1. The third kappa shape index (κ3) is 5.19. The molecule has 3 rings (SSSR count). The van der Waals surface area contributed by atoms with Gasteiger partial charge in [-0.1, -0.05) is 30.9 Å². The van der Waals surface area contributed by atoms with E-state index >= 15 is 0 Å². The number of hydrogen-bond acceptors (Lipinski definition) is 8. The number of carbonyl (C=O) groups excluding carboxylic acids is 1. The minimum atomic E-state index is -0.921. The molecule has 3 heterocycles. The second-order valence-electron chi connectivity index (χ2n) is 8.15. The van der Waals surface area contributed by atoms with Gasteiger partial charge in [0.15, 0.2) is 0 Å². The second kappa shape index (κ2) is 11.2. The smallest absolute Gasteiger partial charge is 0.303 e. The van der Waals surface area contributed by atoms with Gasteiger partial charge < -0.3 is 14.9 Å². The average Bonchev–Trinajstić information content (AvgIpc) is 3.08. The first-order valence-corrected chi connectivity index (χ1v) is 12.6. The van der Waals surface area contributed by atoms with Gasteiger partial charge in [0.25, 0.3) is 11.5 Å². The van der Waals surface area contributed by atoms with Crippen LogP contribution in [0, 0.1) is 18.3 Å². The zero-order valence-corrected chi connectivity index (χ0v) is 21.3. The third-order valence-electron chi connectivity index (χ3n) is 6.20. The largest absolute Gasteiger partial charge is 0.481 e. The van der Waals surface area contributed by atoms with Gasteiger partial charge in [0.1, 0.15) is 21.8 Å². The molecule has 2 fully saturated rings. The highest BCUT2D eigenvalue weighted by Crippen LogP contribution is 2.36. The van der Waals surface area contributed by atoms with Gasteiger partial charge in [0.2, 0.25) is 0 Å². The van der Waals surface area contributed by atoms with E-state index in [9.17, 15) is 19.6 Å². The summed E-state index contributed by atoms with van der Waals surface area (Å²) in [5.41, 5.74) is 0.963. The van der Waals surface area contributed by atoms with E-state index in [1.54, 1.807) is 17.6 Å². The van der Waals surface area contributed by atoms with Gasteiger partial charge in [0.05, 0.1) is 4.91 Å². The van der Waals surface area contributed by atoms with Crippen molar-refractivity contribution >= 4 is 52.1 Å². The molecule has 0 bridgehead atoms. The molecular weight excluding hydrogens is 474 g/mol. The van der Waals surface area contributed by atoms with Gasteiger partial charge in [-0.15, -0.1) is 0 Å². The van der Waals surface area contributed by atoms with Crippen molar-refractivity contribution < 1.29 is 14.7 Å². The van der Waals surface area contributed by atoms with Gasteiger partial charge in [-0.3, -0.25) is 23.9 Å². The molecule has 2 saturated heterocycles. The van der Waals surface area contributed by atoms with Crippen molar-refractivity contribution in [3.05, 3.63) is 31.9 Å². The number of aliphatic carboxylic acids is 1. The Bertz CT molecular complexity index is 1130. The number of hydrogen-bond donors (Lipinski definition) is 1. The van der Waals surface area contributed by atoms with Gasteiger partial charge in [-0.05, 0) is 38.5 Å². The predicted octanol–water partition coefficient (Wildman–Crippen LogP) is 2.26. The van der Waals surface area contributed by atoms with Crippen molar-refractivity contribution in [3.8, 4) is 6.07 Å². The Morgan fingerprint density at radius 2 is 1.88 bits per heavy atom. The molecular formula is C23H29N5O4S2. The van der Waals surface area contributed by atoms with Crippen LogP contribution in [0.1, 0.15) is 43.4 Å². The van der Waals surface area contributed by atoms with Crippen molar-refractivity contribution in [1.29, 1.82) is 5.26 Å². The number of carboxylic acid groups (broad SMARTS) is 1. The lowest BCUT2D eigenvalue weighted by atomic mass is 10.0. The molecule has 1 aromatic heterocycles. The lowest BCUT2D eigenvalue weighted by Crippen LogP contribution is -2.48. The molecule has 0 aromatic carbocycles. The van der Waals surface area contributed by atoms with Crippen LogP contribution in [-0.4, -0.2) is 74.9 Å². The number of rotatable bonds is 8. The average molecular weight is 504 g/mol. The Kier molecular flexibility index (Phi) is 8.52. The SMILES string of the molecule is CCN1CCN(c2c(C=C3SC(=S)N(CCCC(=O)O)C3=O)c(C)c(C#N)c(=O)n2CC)CC1. The van der Waals surface area contributed by atoms with Gasteiger partial charge in [-0.2, -0.15) is 5.26 Å². The van der Waals surface area contributed by atoms with Crippen LogP contribution in [0.15, 0.2) is 9.70 Å². The first kappa shape index (κ1) is 25.9. The molecule has 0 atom stereocenters. The van der Waals surface area contributed by atoms with Crippen LogP contribution in [-0.2, 0) is 16.1 Å². The molecule has 0 saturated carbocycles. The van der Waals surface area contributed by atoms with Crippen LogP contribution in [0.5, 0.6) is 0 Å². The maximum atomic E-state index is 13.1. The van der Waals surface area contributed by atoms with E-state index in [4.69, 9.17) is 17.3 Å². The Morgan fingerprint density at radius 1 is 1.21 bits per heavy atom. The molecule has 182 valence electrons. The summed E-state index contributed by atoms with van der Waals surface area (Å²) in [4.78, 5) is 43.4. The van der Waals surface area contributed by atoms with E-state index in [0.29, 0.717) is 33.3 Å². The Morgan fingerprint density at radius 3 is 2.44 bits per heavy atom. The molecule has 11 heteroatoms. The molecule has 1 N–H and O–H groups in total. The van der Waals surface area contributed by atoms with Crippen LogP contribution in [0.2, 0.25) is 0 Å². The monoisotopic (exact) mass is 503 g/mol. The molecule has 34 heavy (non-hydrogen) atoms. The van der Waals surface area contributed by atoms with Crippen molar-refractivity contribution in [2.45, 2.75) is 40.2 Å². The van der Waals surface area contributed by atoms with Crippen LogP contribution in [0.3, 0.4) is 0 Å². The van der Waals surface area contributed by atoms with Crippen molar-refractivity contribution in [1.82, 2.24) is 14.4 Å². The Labute approximate surface area is 208 Å². The van der Waals surface area contributed by atoms with E-state index in [2.05, 4.69) is 16.7 Å². The molecule has 0 aliphatic carbocycles. The number of anilines is 1. The quantitative estimate of drug-likeness (QED) is 0.422. The van der Waals surface area contributed by atoms with E-state index < -0.39 is 5.97 Å². The number of amides is 1. The summed E-state index contributed by atoms with van der Waals surface area (Å²) in [6, 6.07) is 2.04. The van der Waals surface area contributed by atoms with Gasteiger partial charge in [0, 0.05) is 51.3 Å². The highest BCUT2D eigenvalue weighted by Gasteiger charge is 2.33. The van der Waals surface area contributed by atoms with Crippen LogP contribution < -0.4 is 10.5 Å². The third-order valence-corrected chi connectivity index (χ3v) is 7.58. The van der Waals surface area contributed by atoms with Crippen molar-refractivity contribution in [2.75, 3.05) is 44.2 Å². The summed E-state index contributed by atoms with van der Waals surface area (Å²) in [7, 11) is 0. The fourth-order valence-corrected chi connectivity index (χ4v) is 5.56. The fraction of sp³-hybridized carbons (Fsp3) is 0.522. The number of nitriles is 1. The lowest BCUT2D eigenvalue weighted by Gasteiger charge is -2.37. The predicted molar refractivity (Wildman–Crippen MR) is 137 cm³/mol. The number of nitrogens with zero attached hydrogens (tertiary/aromatic N) is 5. The van der Waals surface area contributed by atoms with E-state index in [0.717, 1.165) is 50.3 Å². The lowest BCUT2D eigenvalue weighted by molar-refractivity contribution is -0.137. The molecule has 2 aliphatic heterocycles. The van der Waals surface area contributed by atoms with Crippen LogP contribution in [0.25, 0.3) is 6.08 Å². The standard InChI is InChI=1S/C23H29N5O4S2/c1-4-25-9-11-26(12-10-25)20-16(15(3)17(14-24)21(31)27(20)5-2)13-18-22(32)28(23(33)34-18)8-6-7-19(29)30/h13H,4-12H2,1-3H3,(H,29,30). The summed E-state index contributed by atoms with van der Waals surface area (Å²) in [6.45, 7) is 10.5. The molecule has 9 nitrogen and oxygen atoms in total. The summed E-state index contributed by atoms with van der Waals surface area (Å²) in [5.74, 6) is -0.486. The Balaban J connectivity index is 2.07. The zero-order chi connectivity index (χ0) is 25.0. The number of carboxylic acids is 1. The maximum absolute atomic E-state index is 13.1. The molecule has 0 radical (unpaired) electrons. The van der Waals surface area contributed by atoms with Crippen LogP contribution in [0.4, 0.5) is 5.82 Å². The minimum Gasteiger partial charge on any atom is -0.481 e. The number of aromatic nitrogens is 1. The number of thiocarbonyl (C=S) groups is 1. The molecule has 0 spiro atoms. The summed E-state index contributed by atoms with van der Waals surface area (Å²) in [6.07, 6.45) is 2.00. The van der Waals surface area contributed by atoms with E-state index in [1.807, 2.05) is 13.0 Å². The van der Waals surface area contributed by atoms with E-state index in [-0.39, 0.29) is 30.0 Å². The maximum Gasteiger partial charge on any atom is 0.303 e. The first-order valence-electron chi connectivity index (χ1n) is 11.3. The van der Waals surface area contributed by atoms with Crippen LogP contribution >= 0.6 is 24.0 Å². The molecule has 1 aromatic rings. The summed E-state index contributed by atoms with van der Waals surface area (Å²) in [5, 5.41) is 18.6. The number of carbonyl (C=O) groups is 2. The number of piperazine rings is 1. The summed E-state index contributed by atoms with van der Waals surface area (Å²) >= 11 is 6.54. The topological polar surface area (TPSA) is 110 Å². The van der Waals surface area contributed by atoms with Gasteiger partial charge in [-0.25, -0.2) is 0 Å². The molecule has 2 aliphatic rings. The van der Waals surface area contributed by atoms with Crippen molar-refractivity contribution in [3.63, 3.8) is 0 Å². The normalized spacial score (nSPS) is 18.1. The van der Waals surface area contributed by atoms with Crippen molar-refractivity contribution in [2.24, 2.45) is 0 Å². The highest BCUT2D eigenvalue weighted by atomic mass is 32.2. The number of pyridine rings is 1. The Hall–Kier alpha value is -2.68. The molecule has 0 unspecified atom stereocenters. The minimum absolute atomic E-state index is 0.0455. The molecule has 1 amide bonds. The number of likely N-dealkylation sites (N-methyl/N-ethyl adjacent to an activating group) is 1. The van der Waals surface area contributed by atoms with E-state index in [1.165, 1.54) is 4.90 Å². The highest BCUT2D eigenvalue weighted by molar-refractivity contribution is 8.26.